The van der Waals surface area contributed by atoms with Crippen molar-refractivity contribution in [2.45, 2.75) is 26.3 Å². The van der Waals surface area contributed by atoms with Gasteiger partial charge in [0.2, 0.25) is 0 Å². The molecule has 0 fully saturated rings. The number of carbonyl (C=O) groups is 1. The summed E-state index contributed by atoms with van der Waals surface area (Å²) < 4.78 is 4.54. The second kappa shape index (κ2) is 9.72. The third kappa shape index (κ3) is 4.46. The molecule has 0 spiro atoms. The highest BCUT2D eigenvalue weighted by molar-refractivity contribution is 5.95. The molecule has 2 heterocycles. The molecule has 0 saturated heterocycles. The van der Waals surface area contributed by atoms with Gasteiger partial charge in [-0.05, 0) is 46.2 Å². The van der Waals surface area contributed by atoms with Crippen LogP contribution < -0.4 is 5.69 Å². The quantitative estimate of drug-likeness (QED) is 0.364. The van der Waals surface area contributed by atoms with E-state index < -0.39 is 0 Å². The average molecular weight is 465 g/mol. The fourth-order valence-electron chi connectivity index (χ4n) is 4.18. The second-order valence-electron chi connectivity index (χ2n) is 8.25. The molecule has 8 nitrogen and oxygen atoms in total. The van der Waals surface area contributed by atoms with Gasteiger partial charge in [-0.1, -0.05) is 74.0 Å². The van der Waals surface area contributed by atoms with E-state index in [1.807, 2.05) is 54.6 Å². The van der Waals surface area contributed by atoms with Crippen LogP contribution >= 0.6 is 0 Å². The molecule has 0 amide bonds. The van der Waals surface area contributed by atoms with E-state index in [0.29, 0.717) is 18.5 Å². The van der Waals surface area contributed by atoms with Crippen molar-refractivity contribution in [1.82, 2.24) is 29.3 Å². The number of carbonyl (C=O) groups excluding carboxylic acids is 1. The van der Waals surface area contributed by atoms with Crippen molar-refractivity contribution in [3.63, 3.8) is 0 Å². The van der Waals surface area contributed by atoms with E-state index >= 15 is 0 Å². The Morgan fingerprint density at radius 3 is 2.37 bits per heavy atom. The van der Waals surface area contributed by atoms with E-state index in [9.17, 15) is 9.59 Å². The van der Waals surface area contributed by atoms with Gasteiger partial charge in [-0.25, -0.2) is 9.36 Å². The average Bonchev–Trinajstić information content (AvgIpc) is 3.54. The fourth-order valence-corrected chi connectivity index (χ4v) is 4.18. The Morgan fingerprint density at radius 2 is 1.66 bits per heavy atom. The van der Waals surface area contributed by atoms with Crippen LogP contribution in [0.2, 0.25) is 0 Å². The summed E-state index contributed by atoms with van der Waals surface area (Å²) in [4.78, 5) is 26.2. The molecule has 174 valence electrons. The largest absolute Gasteiger partial charge is 0.335 e. The van der Waals surface area contributed by atoms with Crippen molar-refractivity contribution in [1.29, 1.82) is 0 Å². The molecule has 5 rings (SSSR count). The zero-order valence-corrected chi connectivity index (χ0v) is 19.3. The fraction of sp³-hybridized carbons (Fsp3) is 0.148. The van der Waals surface area contributed by atoms with E-state index in [4.69, 9.17) is 0 Å². The molecule has 0 aliphatic rings. The van der Waals surface area contributed by atoms with Gasteiger partial charge in [-0.3, -0.25) is 9.36 Å². The van der Waals surface area contributed by atoms with E-state index in [-0.39, 0.29) is 11.6 Å². The van der Waals surface area contributed by atoms with Gasteiger partial charge in [0.05, 0.1) is 12.2 Å². The normalized spacial score (nSPS) is 11.0. The molecule has 0 aliphatic carbocycles. The van der Waals surface area contributed by atoms with Crippen molar-refractivity contribution in [2.24, 2.45) is 0 Å². The van der Waals surface area contributed by atoms with Crippen molar-refractivity contribution >= 4 is 5.91 Å². The Labute approximate surface area is 202 Å². The topological polar surface area (TPSA) is 87.6 Å². The van der Waals surface area contributed by atoms with Crippen LogP contribution in [0.4, 0.5) is 0 Å². The summed E-state index contributed by atoms with van der Waals surface area (Å²) in [5.41, 5.74) is 4.86. The van der Waals surface area contributed by atoms with E-state index in [1.54, 1.807) is 46.0 Å². The molecule has 0 aliphatic heterocycles. The van der Waals surface area contributed by atoms with Crippen LogP contribution in [0.5, 0.6) is 0 Å². The predicted molar refractivity (Wildman–Crippen MR) is 133 cm³/mol. The molecule has 35 heavy (non-hydrogen) atoms. The molecule has 0 radical (unpaired) electrons. The molecule has 0 atom stereocenters. The molecule has 2 aromatic heterocycles. The van der Waals surface area contributed by atoms with Crippen molar-refractivity contribution in [3.05, 3.63) is 119 Å². The van der Waals surface area contributed by atoms with Crippen LogP contribution in [0.25, 0.3) is 16.8 Å². The summed E-state index contributed by atoms with van der Waals surface area (Å²) in [6.45, 7) is 2.44. The lowest BCUT2D eigenvalue weighted by molar-refractivity contribution is 0.0955. The summed E-state index contributed by atoms with van der Waals surface area (Å²) in [7, 11) is 0. The maximum Gasteiger partial charge on any atom is 0.335 e. The van der Waals surface area contributed by atoms with Crippen LogP contribution in [0.1, 0.15) is 35.0 Å². The number of rotatable bonds is 7. The van der Waals surface area contributed by atoms with Crippen LogP contribution in [0.3, 0.4) is 0 Å². The molecular formula is C27H24N6O2. The van der Waals surface area contributed by atoms with Crippen LogP contribution in [0.15, 0.2) is 96.2 Å². The van der Waals surface area contributed by atoms with Gasteiger partial charge in [0.15, 0.2) is 0 Å². The molecule has 5 aromatic rings. The van der Waals surface area contributed by atoms with Gasteiger partial charge in [0, 0.05) is 23.0 Å². The maximum absolute atomic E-state index is 13.2. The lowest BCUT2D eigenvalue weighted by Crippen LogP contribution is -2.30. The number of hydrogen-bond acceptors (Lipinski definition) is 5. The van der Waals surface area contributed by atoms with Crippen LogP contribution in [-0.2, 0) is 13.0 Å². The van der Waals surface area contributed by atoms with Crippen molar-refractivity contribution < 1.29 is 4.79 Å². The Kier molecular flexibility index (Phi) is 6.17. The smallest absolute Gasteiger partial charge is 0.292 e. The number of tetrazole rings is 1. The summed E-state index contributed by atoms with van der Waals surface area (Å²) >= 11 is 0. The van der Waals surface area contributed by atoms with E-state index in [1.165, 1.54) is 4.57 Å². The standard InChI is InChI=1S/C27H24N6O2/c1-2-8-23-18-32(26(34)22-9-4-3-5-10-22)27(35)31(23)17-20-13-15-21(16-14-20)24-11-6-7-12-25(24)33-19-28-29-30-33/h3-7,9-16,18-19H,2,8,17H2,1H3. The summed E-state index contributed by atoms with van der Waals surface area (Å²) in [6.07, 6.45) is 4.83. The monoisotopic (exact) mass is 464 g/mol. The highest BCUT2D eigenvalue weighted by Crippen LogP contribution is 2.26. The third-order valence-corrected chi connectivity index (χ3v) is 5.91. The number of nitrogens with zero attached hydrogens (tertiary/aromatic N) is 6. The molecule has 0 bridgehead atoms. The zero-order chi connectivity index (χ0) is 24.2. The molecule has 0 unspecified atom stereocenters. The van der Waals surface area contributed by atoms with Gasteiger partial charge < -0.3 is 0 Å². The Morgan fingerprint density at radius 1 is 0.914 bits per heavy atom. The van der Waals surface area contributed by atoms with Gasteiger partial charge in [0.1, 0.15) is 6.33 Å². The summed E-state index contributed by atoms with van der Waals surface area (Å²) in [5.74, 6) is -0.318. The minimum absolute atomic E-state index is 0.318. The Balaban J connectivity index is 1.45. The maximum atomic E-state index is 13.2. The second-order valence-corrected chi connectivity index (χ2v) is 8.25. The number of benzene rings is 3. The zero-order valence-electron chi connectivity index (χ0n) is 19.3. The van der Waals surface area contributed by atoms with Gasteiger partial charge in [-0.2, -0.15) is 4.68 Å². The lowest BCUT2D eigenvalue weighted by Gasteiger charge is -2.10. The first-order valence-electron chi connectivity index (χ1n) is 11.5. The van der Waals surface area contributed by atoms with Crippen molar-refractivity contribution in [2.75, 3.05) is 0 Å². The summed E-state index contributed by atoms with van der Waals surface area (Å²) in [6, 6.07) is 24.8. The highest BCUT2D eigenvalue weighted by Gasteiger charge is 2.17. The highest BCUT2D eigenvalue weighted by atomic mass is 16.2. The number of aromatic nitrogens is 6. The molecule has 0 saturated carbocycles. The Hall–Kier alpha value is -4.59. The van der Waals surface area contributed by atoms with Crippen LogP contribution in [0, 0.1) is 0 Å². The minimum Gasteiger partial charge on any atom is -0.292 e. The minimum atomic E-state index is -0.324. The summed E-state index contributed by atoms with van der Waals surface area (Å²) in [5, 5.41) is 11.5. The van der Waals surface area contributed by atoms with E-state index in [2.05, 4.69) is 22.4 Å². The van der Waals surface area contributed by atoms with Gasteiger partial charge in [0.25, 0.3) is 5.91 Å². The third-order valence-electron chi connectivity index (χ3n) is 5.91. The number of aryl methyl sites for hydroxylation is 1. The first kappa shape index (κ1) is 22.2. The first-order valence-corrected chi connectivity index (χ1v) is 11.5. The number of imidazole rings is 1. The van der Waals surface area contributed by atoms with Crippen LogP contribution in [-0.4, -0.2) is 35.2 Å². The Bertz CT molecular complexity index is 1500. The van der Waals surface area contributed by atoms with Gasteiger partial charge in [-0.15, -0.1) is 5.10 Å². The molecule has 0 N–H and O–H groups in total. The SMILES string of the molecule is CCCc1cn(C(=O)c2ccccc2)c(=O)n1Cc1ccc(-c2ccccc2-n2cnnn2)cc1. The predicted octanol–water partition coefficient (Wildman–Crippen LogP) is 3.98. The molecule has 3 aromatic carbocycles. The van der Waals surface area contributed by atoms with E-state index in [0.717, 1.165) is 34.5 Å². The molecule has 8 heteroatoms. The van der Waals surface area contributed by atoms with Crippen molar-refractivity contribution in [3.8, 4) is 16.8 Å². The van der Waals surface area contributed by atoms with Gasteiger partial charge >= 0.3 is 5.69 Å². The number of hydrogen-bond donors (Lipinski definition) is 0. The first-order chi connectivity index (χ1) is 17.2. The molecular weight excluding hydrogens is 440 g/mol. The number of para-hydroxylation sites is 1. The lowest BCUT2D eigenvalue weighted by atomic mass is 10.0.